The third-order valence-electron chi connectivity index (χ3n) is 4.42. The van der Waals surface area contributed by atoms with Crippen LogP contribution in [0.2, 0.25) is 0 Å². The summed E-state index contributed by atoms with van der Waals surface area (Å²) in [6, 6.07) is 5.14. The topological polar surface area (TPSA) is 76.1 Å². The number of hydrogen-bond donors (Lipinski definition) is 1. The summed E-state index contributed by atoms with van der Waals surface area (Å²) < 4.78 is 11.0. The lowest BCUT2D eigenvalue weighted by Gasteiger charge is -2.19. The smallest absolute Gasteiger partial charge is 0.308 e. The van der Waals surface area contributed by atoms with Crippen LogP contribution in [-0.4, -0.2) is 48.7 Å². The van der Waals surface area contributed by atoms with Crippen LogP contribution in [-0.2, 0) is 4.79 Å². The van der Waals surface area contributed by atoms with Crippen molar-refractivity contribution < 1.29 is 24.2 Å². The first-order chi connectivity index (χ1) is 11.1. The summed E-state index contributed by atoms with van der Waals surface area (Å²) in [6.45, 7) is 1.32. The summed E-state index contributed by atoms with van der Waals surface area (Å²) >= 11 is 0. The van der Waals surface area contributed by atoms with Gasteiger partial charge >= 0.3 is 5.97 Å². The van der Waals surface area contributed by atoms with Gasteiger partial charge in [-0.2, -0.15) is 0 Å². The maximum atomic E-state index is 12.7. The van der Waals surface area contributed by atoms with E-state index < -0.39 is 11.9 Å². The van der Waals surface area contributed by atoms with Gasteiger partial charge in [-0.05, 0) is 37.3 Å². The van der Waals surface area contributed by atoms with Crippen LogP contribution in [0.25, 0.3) is 0 Å². The fraction of sp³-hybridized carbons (Fsp3) is 0.529. The first kappa shape index (κ1) is 15.6. The summed E-state index contributed by atoms with van der Waals surface area (Å²) in [7, 11) is 1.57. The molecule has 1 saturated carbocycles. The van der Waals surface area contributed by atoms with E-state index in [1.165, 1.54) is 12.8 Å². The molecule has 1 aliphatic carbocycles. The molecule has 6 heteroatoms. The van der Waals surface area contributed by atoms with E-state index in [4.69, 9.17) is 14.6 Å². The first-order valence-electron chi connectivity index (χ1n) is 7.91. The standard InChI is InChI=1S/C17H21NO5/c1-22-13-4-5-14(15(8-13)23-10-11-2-3-11)16(19)18-7-6-12(9-18)17(20)21/h4-5,8,11-12H,2-3,6-7,9-10H2,1H3,(H,20,21). The highest BCUT2D eigenvalue weighted by Crippen LogP contribution is 2.32. The van der Waals surface area contributed by atoms with Gasteiger partial charge in [0.15, 0.2) is 0 Å². The molecule has 124 valence electrons. The van der Waals surface area contributed by atoms with Crippen molar-refractivity contribution in [2.24, 2.45) is 11.8 Å². The zero-order valence-corrected chi connectivity index (χ0v) is 13.2. The Hall–Kier alpha value is -2.24. The van der Waals surface area contributed by atoms with E-state index >= 15 is 0 Å². The van der Waals surface area contributed by atoms with Crippen LogP contribution in [0, 0.1) is 11.8 Å². The molecule has 23 heavy (non-hydrogen) atoms. The molecule has 2 aliphatic rings. The number of amides is 1. The van der Waals surface area contributed by atoms with E-state index in [0.717, 1.165) is 0 Å². The first-order valence-corrected chi connectivity index (χ1v) is 7.91. The molecule has 0 bridgehead atoms. The van der Waals surface area contributed by atoms with Crippen LogP contribution in [0.1, 0.15) is 29.6 Å². The summed E-state index contributed by atoms with van der Waals surface area (Å²) in [5.74, 6) is 0.222. The van der Waals surface area contributed by atoms with Crippen LogP contribution >= 0.6 is 0 Å². The van der Waals surface area contributed by atoms with E-state index in [0.29, 0.717) is 42.6 Å². The molecule has 1 aromatic rings. The second-order valence-electron chi connectivity index (χ2n) is 6.19. The van der Waals surface area contributed by atoms with Gasteiger partial charge in [0, 0.05) is 19.2 Å². The molecular formula is C17H21NO5. The molecule has 1 saturated heterocycles. The SMILES string of the molecule is COc1ccc(C(=O)N2CCC(C(=O)O)C2)c(OCC2CC2)c1. The maximum Gasteiger partial charge on any atom is 0.308 e. The Labute approximate surface area is 135 Å². The zero-order chi connectivity index (χ0) is 16.4. The van der Waals surface area contributed by atoms with Gasteiger partial charge < -0.3 is 19.5 Å². The zero-order valence-electron chi connectivity index (χ0n) is 13.2. The van der Waals surface area contributed by atoms with Gasteiger partial charge in [-0.25, -0.2) is 0 Å². The van der Waals surface area contributed by atoms with Crippen molar-refractivity contribution in [2.75, 3.05) is 26.8 Å². The molecule has 1 aromatic carbocycles. The molecule has 1 heterocycles. The lowest BCUT2D eigenvalue weighted by Crippen LogP contribution is -2.30. The number of ether oxygens (including phenoxy) is 2. The van der Waals surface area contributed by atoms with E-state index in [-0.39, 0.29) is 12.5 Å². The van der Waals surface area contributed by atoms with Crippen molar-refractivity contribution in [3.05, 3.63) is 23.8 Å². The predicted octanol–water partition coefficient (Wildman–Crippen LogP) is 2.03. The lowest BCUT2D eigenvalue weighted by molar-refractivity contribution is -0.141. The minimum Gasteiger partial charge on any atom is -0.497 e. The van der Waals surface area contributed by atoms with Crippen LogP contribution in [0.4, 0.5) is 0 Å². The largest absolute Gasteiger partial charge is 0.497 e. The number of carbonyl (C=O) groups excluding carboxylic acids is 1. The molecule has 3 rings (SSSR count). The fourth-order valence-corrected chi connectivity index (χ4v) is 2.73. The summed E-state index contributed by atoms with van der Waals surface area (Å²) in [6.07, 6.45) is 2.83. The van der Waals surface area contributed by atoms with Gasteiger partial charge in [-0.15, -0.1) is 0 Å². The summed E-state index contributed by atoms with van der Waals surface area (Å²) in [4.78, 5) is 25.4. The van der Waals surface area contributed by atoms with Crippen molar-refractivity contribution in [3.8, 4) is 11.5 Å². The number of hydrogen-bond acceptors (Lipinski definition) is 4. The number of carbonyl (C=O) groups is 2. The average molecular weight is 319 g/mol. The molecule has 1 amide bonds. The molecule has 1 atom stereocenters. The number of likely N-dealkylation sites (tertiary alicyclic amines) is 1. The Balaban J connectivity index is 1.76. The third-order valence-corrected chi connectivity index (χ3v) is 4.42. The number of nitrogens with zero attached hydrogens (tertiary/aromatic N) is 1. The molecule has 1 aliphatic heterocycles. The Kier molecular flexibility index (Phi) is 4.41. The van der Waals surface area contributed by atoms with Crippen LogP contribution in [0.15, 0.2) is 18.2 Å². The highest BCUT2D eigenvalue weighted by atomic mass is 16.5. The highest BCUT2D eigenvalue weighted by Gasteiger charge is 2.32. The van der Waals surface area contributed by atoms with E-state index in [1.54, 1.807) is 30.2 Å². The van der Waals surface area contributed by atoms with E-state index in [9.17, 15) is 9.59 Å². The molecule has 1 N–H and O–H groups in total. The summed E-state index contributed by atoms with van der Waals surface area (Å²) in [5.41, 5.74) is 0.470. The van der Waals surface area contributed by atoms with Gasteiger partial charge in [0.05, 0.1) is 25.2 Å². The van der Waals surface area contributed by atoms with Crippen molar-refractivity contribution in [3.63, 3.8) is 0 Å². The number of methoxy groups -OCH3 is 1. The minimum absolute atomic E-state index is 0.179. The highest BCUT2D eigenvalue weighted by molar-refractivity contribution is 5.97. The van der Waals surface area contributed by atoms with Crippen molar-refractivity contribution >= 4 is 11.9 Å². The van der Waals surface area contributed by atoms with Crippen LogP contribution in [0.3, 0.4) is 0 Å². The van der Waals surface area contributed by atoms with Crippen molar-refractivity contribution in [1.82, 2.24) is 4.90 Å². The fourth-order valence-electron chi connectivity index (χ4n) is 2.73. The predicted molar refractivity (Wildman–Crippen MR) is 82.9 cm³/mol. The minimum atomic E-state index is -0.847. The van der Waals surface area contributed by atoms with Crippen molar-refractivity contribution in [1.29, 1.82) is 0 Å². The number of aliphatic carboxylic acids is 1. The maximum absolute atomic E-state index is 12.7. The number of carboxylic acid groups (broad SMARTS) is 1. The second-order valence-corrected chi connectivity index (χ2v) is 6.19. The Bertz CT molecular complexity index is 611. The number of carboxylic acids is 1. The van der Waals surface area contributed by atoms with Gasteiger partial charge in [0.25, 0.3) is 5.91 Å². The van der Waals surface area contributed by atoms with Gasteiger partial charge in [0.1, 0.15) is 11.5 Å². The molecule has 0 radical (unpaired) electrons. The van der Waals surface area contributed by atoms with Crippen LogP contribution in [0.5, 0.6) is 11.5 Å². The number of benzene rings is 1. The number of rotatable bonds is 6. The Morgan fingerprint density at radius 1 is 1.30 bits per heavy atom. The van der Waals surface area contributed by atoms with Gasteiger partial charge in [-0.1, -0.05) is 0 Å². The quantitative estimate of drug-likeness (QED) is 0.868. The molecule has 0 spiro atoms. The van der Waals surface area contributed by atoms with E-state index in [2.05, 4.69) is 0 Å². The third kappa shape index (κ3) is 3.57. The average Bonchev–Trinajstić information content (AvgIpc) is 3.25. The van der Waals surface area contributed by atoms with E-state index in [1.807, 2.05) is 0 Å². The Morgan fingerprint density at radius 3 is 2.70 bits per heavy atom. The van der Waals surface area contributed by atoms with Gasteiger partial charge in [-0.3, -0.25) is 9.59 Å². The molecule has 2 fully saturated rings. The van der Waals surface area contributed by atoms with Crippen LogP contribution < -0.4 is 9.47 Å². The Morgan fingerprint density at radius 2 is 2.09 bits per heavy atom. The normalized spacial score (nSPS) is 20.4. The van der Waals surface area contributed by atoms with Crippen molar-refractivity contribution in [2.45, 2.75) is 19.3 Å². The molecule has 1 unspecified atom stereocenters. The van der Waals surface area contributed by atoms with Gasteiger partial charge in [0.2, 0.25) is 0 Å². The molecule has 0 aromatic heterocycles. The molecular weight excluding hydrogens is 298 g/mol. The summed E-state index contributed by atoms with van der Waals surface area (Å²) in [5, 5.41) is 9.08. The second kappa shape index (κ2) is 6.48. The lowest BCUT2D eigenvalue weighted by atomic mass is 10.1. The molecule has 6 nitrogen and oxygen atoms in total. The monoisotopic (exact) mass is 319 g/mol.